The van der Waals surface area contributed by atoms with E-state index < -0.39 is 0 Å². The van der Waals surface area contributed by atoms with Crippen molar-refractivity contribution in [3.63, 3.8) is 0 Å². The van der Waals surface area contributed by atoms with E-state index in [1.54, 1.807) is 0 Å². The molecule has 11 heavy (non-hydrogen) atoms. The van der Waals surface area contributed by atoms with E-state index in [9.17, 15) is 0 Å². The molecule has 0 aliphatic carbocycles. The summed E-state index contributed by atoms with van der Waals surface area (Å²) in [4.78, 5) is 0. The first kappa shape index (κ1) is 7.86. The average Bonchev–Trinajstić information content (AvgIpc) is 1.93. The topological polar surface area (TPSA) is 12.0 Å². The van der Waals surface area contributed by atoms with Gasteiger partial charge >= 0.3 is 0 Å². The molecule has 0 atom stereocenters. The van der Waals surface area contributed by atoms with Crippen LogP contribution in [0.3, 0.4) is 0 Å². The summed E-state index contributed by atoms with van der Waals surface area (Å²) in [6.07, 6.45) is 6.08. The van der Waals surface area contributed by atoms with Crippen LogP contribution >= 0.6 is 0 Å². The van der Waals surface area contributed by atoms with Crippen molar-refractivity contribution < 1.29 is 0 Å². The van der Waals surface area contributed by atoms with Crippen LogP contribution in [0.25, 0.3) is 0 Å². The molecule has 0 saturated heterocycles. The highest BCUT2D eigenvalue weighted by molar-refractivity contribution is 5.42. The lowest BCUT2D eigenvalue weighted by Crippen LogP contribution is -2.17. The van der Waals surface area contributed by atoms with Gasteiger partial charge in [-0.2, -0.15) is 0 Å². The number of rotatable bonds is 1. The maximum Gasteiger partial charge on any atom is 0.0412 e. The largest absolute Gasteiger partial charge is 0.381 e. The van der Waals surface area contributed by atoms with Gasteiger partial charge in [-0.1, -0.05) is 30.9 Å². The molecule has 1 aliphatic heterocycles. The van der Waals surface area contributed by atoms with Gasteiger partial charge < -0.3 is 5.32 Å². The molecule has 0 aromatic carbocycles. The SMILES string of the molecule is C=C(C)/C=C1/NCC=CC1=C. The van der Waals surface area contributed by atoms with E-state index in [1.165, 1.54) is 0 Å². The highest BCUT2D eigenvalue weighted by atomic mass is 14.9. The van der Waals surface area contributed by atoms with Crippen LogP contribution in [0.5, 0.6) is 0 Å². The third-order valence-corrected chi connectivity index (χ3v) is 1.47. The summed E-state index contributed by atoms with van der Waals surface area (Å²) in [5, 5.41) is 3.21. The molecule has 1 rings (SSSR count). The van der Waals surface area contributed by atoms with Gasteiger partial charge in [0.25, 0.3) is 0 Å². The summed E-state index contributed by atoms with van der Waals surface area (Å²) in [5.41, 5.74) is 3.16. The fourth-order valence-corrected chi connectivity index (χ4v) is 0.964. The summed E-state index contributed by atoms with van der Waals surface area (Å²) >= 11 is 0. The molecule has 0 unspecified atom stereocenters. The number of nitrogens with one attached hydrogen (secondary N) is 1. The molecule has 1 aliphatic rings. The van der Waals surface area contributed by atoms with Crippen LogP contribution in [-0.2, 0) is 0 Å². The molecule has 0 aromatic rings. The molecule has 1 nitrogen and oxygen atoms in total. The number of hydrogen-bond acceptors (Lipinski definition) is 1. The minimum absolute atomic E-state index is 0.887. The van der Waals surface area contributed by atoms with Crippen molar-refractivity contribution in [1.82, 2.24) is 5.32 Å². The molecule has 0 radical (unpaired) electrons. The van der Waals surface area contributed by atoms with Crippen LogP contribution in [0.4, 0.5) is 0 Å². The maximum absolute atomic E-state index is 3.89. The minimum Gasteiger partial charge on any atom is -0.381 e. The van der Waals surface area contributed by atoms with Gasteiger partial charge in [0, 0.05) is 12.2 Å². The van der Waals surface area contributed by atoms with Gasteiger partial charge in [-0.3, -0.25) is 0 Å². The lowest BCUT2D eigenvalue weighted by molar-refractivity contribution is 0.900. The second-order valence-electron chi connectivity index (χ2n) is 2.71. The molecule has 0 saturated carbocycles. The molecular formula is C10H13N. The first-order valence-corrected chi connectivity index (χ1v) is 3.67. The van der Waals surface area contributed by atoms with E-state index in [0.29, 0.717) is 0 Å². The van der Waals surface area contributed by atoms with E-state index in [1.807, 2.05) is 19.1 Å². The second kappa shape index (κ2) is 3.24. The highest BCUT2D eigenvalue weighted by Crippen LogP contribution is 2.11. The monoisotopic (exact) mass is 147 g/mol. The molecule has 0 spiro atoms. The Kier molecular flexibility index (Phi) is 2.32. The molecule has 0 amide bonds. The van der Waals surface area contributed by atoms with Gasteiger partial charge in [-0.05, 0) is 18.6 Å². The zero-order valence-electron chi connectivity index (χ0n) is 6.85. The molecule has 1 heterocycles. The van der Waals surface area contributed by atoms with E-state index in [2.05, 4.69) is 24.6 Å². The Labute approximate surface area is 67.8 Å². The molecule has 0 bridgehead atoms. The second-order valence-corrected chi connectivity index (χ2v) is 2.71. The fraction of sp³-hybridized carbons (Fsp3) is 0.200. The van der Waals surface area contributed by atoms with Gasteiger partial charge in [-0.25, -0.2) is 0 Å². The van der Waals surface area contributed by atoms with Gasteiger partial charge in [0.15, 0.2) is 0 Å². The zero-order chi connectivity index (χ0) is 8.27. The van der Waals surface area contributed by atoms with Gasteiger partial charge in [0.2, 0.25) is 0 Å². The first-order chi connectivity index (χ1) is 5.20. The molecule has 0 aromatic heterocycles. The minimum atomic E-state index is 0.887. The van der Waals surface area contributed by atoms with Crippen molar-refractivity contribution in [1.29, 1.82) is 0 Å². The van der Waals surface area contributed by atoms with Gasteiger partial charge in [-0.15, -0.1) is 0 Å². The van der Waals surface area contributed by atoms with E-state index >= 15 is 0 Å². The smallest absolute Gasteiger partial charge is 0.0412 e. The van der Waals surface area contributed by atoms with Crippen molar-refractivity contribution in [3.8, 4) is 0 Å². The third kappa shape index (κ3) is 2.11. The Bertz CT molecular complexity index is 244. The summed E-state index contributed by atoms with van der Waals surface area (Å²) in [6.45, 7) is 10.6. The van der Waals surface area contributed by atoms with E-state index in [0.717, 1.165) is 23.4 Å². The third-order valence-electron chi connectivity index (χ3n) is 1.47. The quantitative estimate of drug-likeness (QED) is 0.599. The van der Waals surface area contributed by atoms with Crippen molar-refractivity contribution in [2.24, 2.45) is 0 Å². The fourth-order valence-electron chi connectivity index (χ4n) is 0.964. The predicted molar refractivity (Wildman–Crippen MR) is 49.2 cm³/mol. The Morgan fingerprint density at radius 3 is 3.00 bits per heavy atom. The van der Waals surface area contributed by atoms with Gasteiger partial charge in [0.1, 0.15) is 0 Å². The van der Waals surface area contributed by atoms with Crippen molar-refractivity contribution in [3.05, 3.63) is 48.2 Å². The summed E-state index contributed by atoms with van der Waals surface area (Å²) in [5.74, 6) is 0. The Morgan fingerprint density at radius 1 is 1.73 bits per heavy atom. The molecule has 1 N–H and O–H groups in total. The Morgan fingerprint density at radius 2 is 2.45 bits per heavy atom. The van der Waals surface area contributed by atoms with Crippen LogP contribution in [0.15, 0.2) is 48.2 Å². The van der Waals surface area contributed by atoms with Crippen LogP contribution < -0.4 is 5.32 Å². The lowest BCUT2D eigenvalue weighted by Gasteiger charge is -2.13. The van der Waals surface area contributed by atoms with E-state index in [-0.39, 0.29) is 0 Å². The van der Waals surface area contributed by atoms with Crippen molar-refractivity contribution >= 4 is 0 Å². The van der Waals surface area contributed by atoms with Crippen LogP contribution in [0.1, 0.15) is 6.92 Å². The van der Waals surface area contributed by atoms with Crippen molar-refractivity contribution in [2.75, 3.05) is 6.54 Å². The average molecular weight is 147 g/mol. The van der Waals surface area contributed by atoms with Crippen LogP contribution in [-0.4, -0.2) is 6.54 Å². The highest BCUT2D eigenvalue weighted by Gasteiger charge is 2.01. The lowest BCUT2D eigenvalue weighted by atomic mass is 10.1. The molecule has 0 fully saturated rings. The molecule has 1 heteroatoms. The summed E-state index contributed by atoms with van der Waals surface area (Å²) in [7, 11) is 0. The predicted octanol–water partition coefficient (Wildman–Crippen LogP) is 2.16. The summed E-state index contributed by atoms with van der Waals surface area (Å²) < 4.78 is 0. The van der Waals surface area contributed by atoms with Crippen molar-refractivity contribution in [2.45, 2.75) is 6.92 Å². The van der Waals surface area contributed by atoms with E-state index in [4.69, 9.17) is 0 Å². The standard InChI is InChI=1S/C10H13N/c1-8(2)7-10-9(3)5-4-6-11-10/h4-5,7,11H,1,3,6H2,2H3/b10-7+. The first-order valence-electron chi connectivity index (χ1n) is 3.67. The number of allylic oxidation sites excluding steroid dienone is 3. The normalized spacial score (nSPS) is 20.1. The van der Waals surface area contributed by atoms with Gasteiger partial charge in [0.05, 0.1) is 0 Å². The molecule has 58 valence electrons. The van der Waals surface area contributed by atoms with Crippen LogP contribution in [0, 0.1) is 0 Å². The Hall–Kier alpha value is -1.24. The number of hydrogen-bond donors (Lipinski definition) is 1. The zero-order valence-corrected chi connectivity index (χ0v) is 6.85. The maximum atomic E-state index is 3.89. The Balaban J connectivity index is 2.81. The molecular weight excluding hydrogens is 134 g/mol. The van der Waals surface area contributed by atoms with Crippen LogP contribution in [0.2, 0.25) is 0 Å². The summed E-state index contributed by atoms with van der Waals surface area (Å²) in [6, 6.07) is 0.